The number of anilines is 2. The number of nitrogens with two attached hydrogens (primary N) is 1. The zero-order valence-electron chi connectivity index (χ0n) is 15.2. The molecule has 3 N–H and O–H groups in total. The first-order valence-corrected chi connectivity index (χ1v) is 7.64. The Balaban J connectivity index is 3.38. The summed E-state index contributed by atoms with van der Waals surface area (Å²) >= 11 is 0. The van der Waals surface area contributed by atoms with Gasteiger partial charge in [0.2, 0.25) is 11.9 Å². The summed E-state index contributed by atoms with van der Waals surface area (Å²) in [7, 11) is 7.47. The Labute approximate surface area is 148 Å². The van der Waals surface area contributed by atoms with Crippen molar-refractivity contribution in [1.82, 2.24) is 4.90 Å². The van der Waals surface area contributed by atoms with Crippen LogP contribution in [0.25, 0.3) is 0 Å². The van der Waals surface area contributed by atoms with E-state index in [9.17, 15) is 4.79 Å². The van der Waals surface area contributed by atoms with Crippen molar-refractivity contribution in [3.05, 3.63) is 24.8 Å². The summed E-state index contributed by atoms with van der Waals surface area (Å²) in [5, 5.41) is 2.79. The van der Waals surface area contributed by atoms with Crippen LogP contribution in [0.1, 0.15) is 0 Å². The van der Waals surface area contributed by atoms with Gasteiger partial charge in [-0.05, 0) is 33.0 Å². The number of ether oxygens (including phenoxy) is 1. The van der Waals surface area contributed by atoms with E-state index in [-0.39, 0.29) is 11.9 Å². The molecule has 0 heterocycles. The van der Waals surface area contributed by atoms with Crippen LogP contribution in [0.5, 0.6) is 5.75 Å². The highest BCUT2D eigenvalue weighted by atomic mass is 16.5. The van der Waals surface area contributed by atoms with E-state index in [1.807, 2.05) is 26.0 Å². The van der Waals surface area contributed by atoms with Crippen molar-refractivity contribution in [2.45, 2.75) is 0 Å². The van der Waals surface area contributed by atoms with E-state index in [0.29, 0.717) is 17.1 Å². The van der Waals surface area contributed by atoms with Crippen LogP contribution in [0, 0.1) is 0 Å². The minimum absolute atomic E-state index is 0.00742. The van der Waals surface area contributed by atoms with Gasteiger partial charge in [-0.3, -0.25) is 4.79 Å². The average molecular weight is 346 g/mol. The number of nitrogens with one attached hydrogen (secondary N) is 1. The maximum absolute atomic E-state index is 11.8. The van der Waals surface area contributed by atoms with Gasteiger partial charge in [0, 0.05) is 26.2 Å². The van der Waals surface area contributed by atoms with Crippen molar-refractivity contribution in [2.24, 2.45) is 15.7 Å². The van der Waals surface area contributed by atoms with Gasteiger partial charge in [-0.15, -0.1) is 0 Å². The van der Waals surface area contributed by atoms with E-state index in [0.717, 1.165) is 18.8 Å². The lowest BCUT2D eigenvalue weighted by Gasteiger charge is -2.25. The SMILES string of the molecule is C=CC(=O)Nc1cc(N=C(N)N=C)c(OC)cc1N(C)CCN(C)C. The molecule has 1 aromatic carbocycles. The molecule has 25 heavy (non-hydrogen) atoms. The van der Waals surface area contributed by atoms with Gasteiger partial charge in [-0.1, -0.05) is 6.58 Å². The van der Waals surface area contributed by atoms with Crippen LogP contribution in [0.15, 0.2) is 34.8 Å². The Bertz CT molecular complexity index is 669. The summed E-state index contributed by atoms with van der Waals surface area (Å²) in [5.41, 5.74) is 7.43. The van der Waals surface area contributed by atoms with Crippen LogP contribution in [-0.2, 0) is 4.79 Å². The molecule has 0 spiro atoms. The lowest BCUT2D eigenvalue weighted by Crippen LogP contribution is -2.29. The molecule has 0 saturated carbocycles. The Morgan fingerprint density at radius 1 is 1.36 bits per heavy atom. The van der Waals surface area contributed by atoms with Crippen LogP contribution in [0.3, 0.4) is 0 Å². The van der Waals surface area contributed by atoms with Crippen LogP contribution in [0.2, 0.25) is 0 Å². The second-order valence-corrected chi connectivity index (χ2v) is 5.59. The number of nitrogens with zero attached hydrogens (tertiary/aromatic N) is 4. The normalized spacial score (nSPS) is 11.2. The van der Waals surface area contributed by atoms with Crippen LogP contribution in [0.4, 0.5) is 17.1 Å². The molecule has 1 rings (SSSR count). The first-order chi connectivity index (χ1) is 11.8. The molecule has 0 unspecified atom stereocenters. The fourth-order valence-corrected chi connectivity index (χ4v) is 2.04. The topological polar surface area (TPSA) is 95.5 Å². The van der Waals surface area contributed by atoms with E-state index in [1.165, 1.54) is 13.2 Å². The molecule has 0 aliphatic heterocycles. The van der Waals surface area contributed by atoms with E-state index < -0.39 is 0 Å². The lowest BCUT2D eigenvalue weighted by atomic mass is 10.2. The fourth-order valence-electron chi connectivity index (χ4n) is 2.04. The zero-order valence-corrected chi connectivity index (χ0v) is 15.2. The van der Waals surface area contributed by atoms with Gasteiger partial charge in [0.1, 0.15) is 11.4 Å². The third kappa shape index (κ3) is 5.92. The molecule has 0 aliphatic carbocycles. The Morgan fingerprint density at radius 3 is 2.56 bits per heavy atom. The van der Waals surface area contributed by atoms with Crippen molar-refractivity contribution in [1.29, 1.82) is 0 Å². The predicted molar refractivity (Wildman–Crippen MR) is 104 cm³/mol. The van der Waals surface area contributed by atoms with E-state index >= 15 is 0 Å². The number of likely N-dealkylation sites (N-methyl/N-ethyl adjacent to an activating group) is 2. The molecule has 136 valence electrons. The summed E-state index contributed by atoms with van der Waals surface area (Å²) in [6.45, 7) is 8.43. The summed E-state index contributed by atoms with van der Waals surface area (Å²) < 4.78 is 5.40. The first kappa shape index (κ1) is 20.2. The van der Waals surface area contributed by atoms with Gasteiger partial charge in [0.25, 0.3) is 0 Å². The van der Waals surface area contributed by atoms with Gasteiger partial charge in [-0.2, -0.15) is 0 Å². The summed E-state index contributed by atoms with van der Waals surface area (Å²) in [4.78, 5) is 23.6. The monoisotopic (exact) mass is 346 g/mol. The quantitative estimate of drug-likeness (QED) is 0.422. The largest absolute Gasteiger partial charge is 0.494 e. The highest BCUT2D eigenvalue weighted by Gasteiger charge is 2.15. The van der Waals surface area contributed by atoms with Crippen molar-refractivity contribution in [2.75, 3.05) is 51.6 Å². The number of carbonyl (C=O) groups excluding carboxylic acids is 1. The predicted octanol–water partition coefficient (Wildman–Crippen LogP) is 1.46. The van der Waals surface area contributed by atoms with Crippen molar-refractivity contribution >= 4 is 35.6 Å². The first-order valence-electron chi connectivity index (χ1n) is 7.64. The molecule has 0 bridgehead atoms. The van der Waals surface area contributed by atoms with E-state index in [4.69, 9.17) is 10.5 Å². The molecule has 1 amide bonds. The van der Waals surface area contributed by atoms with Gasteiger partial charge >= 0.3 is 0 Å². The molecule has 1 aromatic rings. The third-order valence-corrected chi connectivity index (χ3v) is 3.43. The molecule has 0 fully saturated rings. The maximum atomic E-state index is 11.8. The Morgan fingerprint density at radius 2 is 2.04 bits per heavy atom. The van der Waals surface area contributed by atoms with Crippen LogP contribution < -0.4 is 20.7 Å². The van der Waals surface area contributed by atoms with Crippen molar-refractivity contribution < 1.29 is 9.53 Å². The highest BCUT2D eigenvalue weighted by Crippen LogP contribution is 2.38. The van der Waals surface area contributed by atoms with Gasteiger partial charge < -0.3 is 25.6 Å². The van der Waals surface area contributed by atoms with Gasteiger partial charge in [0.05, 0.1) is 18.5 Å². The second-order valence-electron chi connectivity index (χ2n) is 5.59. The molecule has 0 saturated heterocycles. The molecule has 0 aliphatic rings. The molecular weight excluding hydrogens is 320 g/mol. The number of hydrogen-bond acceptors (Lipinski definition) is 5. The number of amides is 1. The number of carbonyl (C=O) groups is 1. The van der Waals surface area contributed by atoms with Crippen LogP contribution in [-0.4, -0.2) is 64.8 Å². The molecule has 8 nitrogen and oxygen atoms in total. The highest BCUT2D eigenvalue weighted by molar-refractivity contribution is 6.02. The minimum atomic E-state index is -0.322. The second kappa shape index (κ2) is 9.43. The summed E-state index contributed by atoms with van der Waals surface area (Å²) in [6, 6.07) is 3.48. The molecule has 0 atom stereocenters. The summed E-state index contributed by atoms with van der Waals surface area (Å²) in [6.07, 6.45) is 1.20. The number of methoxy groups -OCH3 is 1. The third-order valence-electron chi connectivity index (χ3n) is 3.43. The zero-order chi connectivity index (χ0) is 19.0. The molecular formula is C17H26N6O2. The molecule has 8 heteroatoms. The molecule has 0 radical (unpaired) electrons. The smallest absolute Gasteiger partial charge is 0.247 e. The molecule has 0 aromatic heterocycles. The fraction of sp³-hybridized carbons (Fsp3) is 0.353. The Hall–Kier alpha value is -2.87. The van der Waals surface area contributed by atoms with Gasteiger partial charge in [-0.25, -0.2) is 9.98 Å². The number of rotatable bonds is 8. The number of aliphatic imine (C=N–C) groups is 2. The lowest BCUT2D eigenvalue weighted by molar-refractivity contribution is -0.111. The van der Waals surface area contributed by atoms with Gasteiger partial charge in [0.15, 0.2) is 0 Å². The Kier molecular flexibility index (Phi) is 7.61. The number of hydrogen-bond donors (Lipinski definition) is 2. The number of benzene rings is 1. The standard InChI is InChI=1S/C17H26N6O2/c1-7-16(24)20-12-10-13(21-17(18)19-2)15(25-6)11-14(12)23(5)9-8-22(3)4/h7,10-11H,1-2,8-9H2,3-6H3,(H2,18,21)(H,20,24). The van der Waals surface area contributed by atoms with Crippen LogP contribution >= 0.6 is 0 Å². The maximum Gasteiger partial charge on any atom is 0.247 e. The van der Waals surface area contributed by atoms with Crippen molar-refractivity contribution in [3.63, 3.8) is 0 Å². The summed E-state index contributed by atoms with van der Waals surface area (Å²) in [5.74, 6) is 0.195. The van der Waals surface area contributed by atoms with E-state index in [1.54, 1.807) is 12.1 Å². The minimum Gasteiger partial charge on any atom is -0.494 e. The average Bonchev–Trinajstić information content (AvgIpc) is 2.59. The number of guanidine groups is 1. The van der Waals surface area contributed by atoms with Crippen molar-refractivity contribution in [3.8, 4) is 5.75 Å². The van der Waals surface area contributed by atoms with E-state index in [2.05, 4.69) is 33.5 Å².